The summed E-state index contributed by atoms with van der Waals surface area (Å²) in [6.45, 7) is 3.86. The molecule has 9 nitrogen and oxygen atoms in total. The zero-order chi connectivity index (χ0) is 25.2. The average Bonchev–Trinajstić information content (AvgIpc) is 2.94. The number of nitrogens with one attached hydrogen (secondary N) is 1. The predicted octanol–water partition coefficient (Wildman–Crippen LogP) is 4.60. The van der Waals surface area contributed by atoms with Gasteiger partial charge in [0.05, 0.1) is 11.9 Å². The first-order chi connectivity index (χ1) is 18.2. The van der Waals surface area contributed by atoms with Gasteiger partial charge in [0.15, 0.2) is 5.75 Å². The molecule has 1 aliphatic rings. The molecule has 0 aliphatic carbocycles. The number of anilines is 2. The van der Waals surface area contributed by atoms with Gasteiger partial charge in [-0.15, -0.1) is 0 Å². The van der Waals surface area contributed by atoms with Crippen LogP contribution in [0.2, 0.25) is 0 Å². The van der Waals surface area contributed by atoms with Gasteiger partial charge in [-0.05, 0) is 36.7 Å². The van der Waals surface area contributed by atoms with Crippen LogP contribution in [-0.2, 0) is 0 Å². The molecule has 0 atom stereocenters. The summed E-state index contributed by atoms with van der Waals surface area (Å²) < 4.78 is 5.66. The minimum absolute atomic E-state index is 0.319. The summed E-state index contributed by atoms with van der Waals surface area (Å²) in [5, 5.41) is 4.84. The van der Waals surface area contributed by atoms with E-state index in [0.717, 1.165) is 53.9 Å². The molecule has 5 aromatic rings. The molecule has 0 saturated carbocycles. The molecule has 3 aromatic heterocycles. The molecule has 37 heavy (non-hydrogen) atoms. The van der Waals surface area contributed by atoms with Gasteiger partial charge >= 0.3 is 6.09 Å². The Morgan fingerprint density at radius 3 is 2.46 bits per heavy atom. The van der Waals surface area contributed by atoms with Gasteiger partial charge in [0.1, 0.15) is 16.9 Å². The van der Waals surface area contributed by atoms with Gasteiger partial charge in [-0.2, -0.15) is 0 Å². The Morgan fingerprint density at radius 2 is 1.65 bits per heavy atom. The average molecular weight is 492 g/mol. The highest BCUT2D eigenvalue weighted by molar-refractivity contribution is 6.04. The van der Waals surface area contributed by atoms with Crippen molar-refractivity contribution in [2.45, 2.75) is 0 Å². The summed E-state index contributed by atoms with van der Waals surface area (Å²) in [5.41, 5.74) is 3.47. The van der Waals surface area contributed by atoms with Crippen LogP contribution < -0.4 is 15.0 Å². The molecule has 2 aromatic carbocycles. The molecule has 6 rings (SSSR count). The molecule has 0 unspecified atom stereocenters. The van der Waals surface area contributed by atoms with Crippen molar-refractivity contribution < 1.29 is 9.53 Å². The van der Waals surface area contributed by atoms with Crippen LogP contribution in [0.3, 0.4) is 0 Å². The minimum atomic E-state index is -0.624. The standard InChI is InChI=1S/C28H25N7O2/c1-34-12-14-35(15-13-34)25-9-6-20(17-32-25)33-28(36)37-24-8-7-22(26-27(24)31-11-10-30-26)23-18-29-16-19-4-2-3-5-21(19)23/h2-11,16-18H,12-15H2,1H3,(H,33,36). The van der Waals surface area contributed by atoms with Crippen LogP contribution in [-0.4, -0.2) is 64.2 Å². The van der Waals surface area contributed by atoms with Gasteiger partial charge in [-0.25, -0.2) is 14.8 Å². The Kier molecular flexibility index (Phi) is 6.03. The molecule has 0 bridgehead atoms. The molecule has 4 heterocycles. The van der Waals surface area contributed by atoms with Crippen molar-refractivity contribution in [3.8, 4) is 16.9 Å². The normalized spacial score (nSPS) is 14.1. The first kappa shape index (κ1) is 22.8. The summed E-state index contributed by atoms with van der Waals surface area (Å²) in [4.78, 5) is 35.2. The summed E-state index contributed by atoms with van der Waals surface area (Å²) in [6, 6.07) is 15.4. The summed E-state index contributed by atoms with van der Waals surface area (Å²) >= 11 is 0. The molecule has 9 heteroatoms. The zero-order valence-electron chi connectivity index (χ0n) is 20.3. The van der Waals surface area contributed by atoms with Gasteiger partial charge in [0.25, 0.3) is 0 Å². The van der Waals surface area contributed by atoms with Gasteiger partial charge in [0.2, 0.25) is 0 Å². The highest BCUT2D eigenvalue weighted by atomic mass is 16.6. The second-order valence-electron chi connectivity index (χ2n) is 8.98. The zero-order valence-corrected chi connectivity index (χ0v) is 20.3. The number of hydrogen-bond acceptors (Lipinski definition) is 8. The molecule has 1 fully saturated rings. The van der Waals surface area contributed by atoms with Crippen LogP contribution >= 0.6 is 0 Å². The fraction of sp³-hybridized carbons (Fsp3) is 0.179. The third-order valence-corrected chi connectivity index (χ3v) is 6.57. The first-order valence-electron chi connectivity index (χ1n) is 12.1. The SMILES string of the molecule is CN1CCN(c2ccc(NC(=O)Oc3ccc(-c4cncc5ccccc45)c4nccnc34)cn2)CC1. The molecular weight excluding hydrogens is 466 g/mol. The van der Waals surface area contributed by atoms with E-state index in [1.54, 1.807) is 24.7 Å². The van der Waals surface area contributed by atoms with Crippen molar-refractivity contribution in [1.82, 2.24) is 24.8 Å². The quantitative estimate of drug-likeness (QED) is 0.390. The van der Waals surface area contributed by atoms with Crippen LogP contribution in [0.25, 0.3) is 32.9 Å². The number of hydrogen-bond donors (Lipinski definition) is 1. The fourth-order valence-corrected chi connectivity index (χ4v) is 4.59. The van der Waals surface area contributed by atoms with E-state index in [0.29, 0.717) is 22.5 Å². The topological polar surface area (TPSA) is 96.4 Å². The molecule has 1 N–H and O–H groups in total. The number of pyridine rings is 2. The van der Waals surface area contributed by atoms with E-state index in [2.05, 4.69) is 48.2 Å². The van der Waals surface area contributed by atoms with Gasteiger partial charge < -0.3 is 14.5 Å². The lowest BCUT2D eigenvalue weighted by atomic mass is 9.99. The third kappa shape index (κ3) is 4.64. The van der Waals surface area contributed by atoms with Crippen molar-refractivity contribution in [2.75, 3.05) is 43.4 Å². The van der Waals surface area contributed by atoms with E-state index in [1.165, 1.54) is 0 Å². The second kappa shape index (κ2) is 9.79. The Morgan fingerprint density at radius 1 is 0.838 bits per heavy atom. The van der Waals surface area contributed by atoms with Crippen LogP contribution in [0.15, 0.2) is 79.5 Å². The monoisotopic (exact) mass is 491 g/mol. The summed E-state index contributed by atoms with van der Waals surface area (Å²) in [5.74, 6) is 1.21. The Bertz CT molecular complexity index is 1580. The lowest BCUT2D eigenvalue weighted by Crippen LogP contribution is -2.44. The van der Waals surface area contributed by atoms with Crippen LogP contribution in [0.5, 0.6) is 5.75 Å². The fourth-order valence-electron chi connectivity index (χ4n) is 4.59. The van der Waals surface area contributed by atoms with E-state index in [-0.39, 0.29) is 0 Å². The lowest BCUT2D eigenvalue weighted by molar-refractivity contribution is 0.215. The maximum Gasteiger partial charge on any atom is 0.417 e. The van der Waals surface area contributed by atoms with E-state index in [9.17, 15) is 4.79 Å². The van der Waals surface area contributed by atoms with E-state index >= 15 is 0 Å². The largest absolute Gasteiger partial charge is 0.417 e. The van der Waals surface area contributed by atoms with E-state index in [4.69, 9.17) is 4.74 Å². The number of carbonyl (C=O) groups excluding carboxylic acids is 1. The summed E-state index contributed by atoms with van der Waals surface area (Å²) in [7, 11) is 2.12. The Hall–Kier alpha value is -4.63. The third-order valence-electron chi connectivity index (χ3n) is 6.57. The second-order valence-corrected chi connectivity index (χ2v) is 8.98. The minimum Gasteiger partial charge on any atom is -0.408 e. The molecule has 1 amide bonds. The maximum absolute atomic E-state index is 12.7. The number of amides is 1. The number of aromatic nitrogens is 4. The highest BCUT2D eigenvalue weighted by Gasteiger charge is 2.17. The number of rotatable bonds is 4. The van der Waals surface area contributed by atoms with Crippen molar-refractivity contribution in [1.29, 1.82) is 0 Å². The Balaban J connectivity index is 1.23. The van der Waals surface area contributed by atoms with Crippen molar-refractivity contribution >= 4 is 39.4 Å². The van der Waals surface area contributed by atoms with Crippen LogP contribution in [0.1, 0.15) is 0 Å². The number of nitrogens with zero attached hydrogens (tertiary/aromatic N) is 6. The van der Waals surface area contributed by atoms with Crippen molar-refractivity contribution in [3.63, 3.8) is 0 Å². The van der Waals surface area contributed by atoms with Crippen LogP contribution in [0, 0.1) is 0 Å². The first-order valence-corrected chi connectivity index (χ1v) is 12.1. The lowest BCUT2D eigenvalue weighted by Gasteiger charge is -2.33. The molecule has 0 radical (unpaired) electrons. The van der Waals surface area contributed by atoms with Gasteiger partial charge in [-0.3, -0.25) is 15.3 Å². The van der Waals surface area contributed by atoms with Crippen LogP contribution in [0.4, 0.5) is 16.3 Å². The maximum atomic E-state index is 12.7. The van der Waals surface area contributed by atoms with Crippen molar-refractivity contribution in [3.05, 3.63) is 79.5 Å². The number of fused-ring (bicyclic) bond motifs is 2. The van der Waals surface area contributed by atoms with Crippen molar-refractivity contribution in [2.24, 2.45) is 0 Å². The Labute approximate surface area is 213 Å². The van der Waals surface area contributed by atoms with E-state index < -0.39 is 6.09 Å². The number of benzene rings is 2. The van der Waals surface area contributed by atoms with E-state index in [1.807, 2.05) is 48.8 Å². The number of piperazine rings is 1. The molecule has 1 aliphatic heterocycles. The molecule has 1 saturated heterocycles. The number of carbonyl (C=O) groups is 1. The van der Waals surface area contributed by atoms with Gasteiger partial charge in [0, 0.05) is 67.5 Å². The smallest absolute Gasteiger partial charge is 0.408 e. The van der Waals surface area contributed by atoms with Gasteiger partial charge in [-0.1, -0.05) is 24.3 Å². The predicted molar refractivity (Wildman–Crippen MR) is 144 cm³/mol. The highest BCUT2D eigenvalue weighted by Crippen LogP contribution is 2.35. The molecule has 0 spiro atoms. The number of likely N-dealkylation sites (N-methyl/N-ethyl adjacent to an activating group) is 1. The summed E-state index contributed by atoms with van der Waals surface area (Å²) in [6.07, 6.45) is 7.88. The molecule has 184 valence electrons. The number of ether oxygens (including phenoxy) is 1. The molecular formula is C28H25N7O2.